The minimum atomic E-state index is -0.168. The summed E-state index contributed by atoms with van der Waals surface area (Å²) in [5.74, 6) is 0.652. The Morgan fingerprint density at radius 2 is 1.78 bits per heavy atom. The largest absolute Gasteiger partial charge is 0.507 e. The molecule has 3 aromatic carbocycles. The summed E-state index contributed by atoms with van der Waals surface area (Å²) in [7, 11) is 0. The number of hydrogen-bond acceptors (Lipinski definition) is 5. The van der Waals surface area contributed by atoms with E-state index in [1.54, 1.807) is 30.3 Å². The Morgan fingerprint density at radius 3 is 2.56 bits per heavy atom. The first kappa shape index (κ1) is 21.9. The Kier molecular flexibility index (Phi) is 6.78. The maximum absolute atomic E-state index is 12.6. The van der Waals surface area contributed by atoms with Gasteiger partial charge in [0.2, 0.25) is 5.91 Å². The number of anilines is 1. The van der Waals surface area contributed by atoms with Crippen LogP contribution in [0, 0.1) is 6.92 Å². The summed E-state index contributed by atoms with van der Waals surface area (Å²) in [5.41, 5.74) is 3.15. The van der Waals surface area contributed by atoms with Crippen LogP contribution in [0.15, 0.2) is 78.0 Å². The number of hydrogen-bond donors (Lipinski definition) is 2. The number of nitrogens with one attached hydrogen (secondary N) is 1. The first-order valence-corrected chi connectivity index (χ1v) is 11.3. The van der Waals surface area contributed by atoms with Gasteiger partial charge in [0.15, 0.2) is 11.0 Å². The molecule has 32 heavy (non-hydrogen) atoms. The zero-order valence-electron chi connectivity index (χ0n) is 17.3. The third-order valence-electron chi connectivity index (χ3n) is 4.92. The molecule has 0 aliphatic heterocycles. The van der Waals surface area contributed by atoms with Gasteiger partial charge in [0, 0.05) is 10.7 Å². The smallest absolute Gasteiger partial charge is 0.234 e. The lowest BCUT2D eigenvalue weighted by molar-refractivity contribution is -0.113. The van der Waals surface area contributed by atoms with Crippen LogP contribution in [0.5, 0.6) is 5.75 Å². The number of phenolic OH excluding ortho intramolecular Hbond substituents is 1. The highest BCUT2D eigenvalue weighted by Crippen LogP contribution is 2.31. The van der Waals surface area contributed by atoms with E-state index in [2.05, 4.69) is 15.5 Å². The molecule has 1 heterocycles. The number of thioether (sulfide) groups is 1. The Hall–Kier alpha value is -3.29. The van der Waals surface area contributed by atoms with Crippen LogP contribution < -0.4 is 5.32 Å². The zero-order chi connectivity index (χ0) is 22.5. The molecule has 0 aliphatic rings. The second-order valence-corrected chi connectivity index (χ2v) is 8.49. The summed E-state index contributed by atoms with van der Waals surface area (Å²) < 4.78 is 1.91. The highest BCUT2D eigenvalue weighted by Gasteiger charge is 2.18. The first-order valence-electron chi connectivity index (χ1n) is 9.96. The number of halogens is 1. The molecule has 0 atom stereocenters. The number of carbonyl (C=O) groups excluding carboxylic acids is 1. The molecular weight excluding hydrogens is 444 g/mol. The number of para-hydroxylation sites is 1. The monoisotopic (exact) mass is 464 g/mol. The average molecular weight is 465 g/mol. The quantitative estimate of drug-likeness (QED) is 0.358. The van der Waals surface area contributed by atoms with E-state index in [4.69, 9.17) is 11.6 Å². The minimum Gasteiger partial charge on any atom is -0.507 e. The molecule has 6 nitrogen and oxygen atoms in total. The maximum Gasteiger partial charge on any atom is 0.234 e. The summed E-state index contributed by atoms with van der Waals surface area (Å²) in [5, 5.41) is 23.0. The van der Waals surface area contributed by atoms with Crippen LogP contribution in [0.2, 0.25) is 5.02 Å². The van der Waals surface area contributed by atoms with Crippen LogP contribution in [0.1, 0.15) is 11.1 Å². The molecule has 4 aromatic rings. The lowest BCUT2D eigenvalue weighted by atomic mass is 10.1. The summed E-state index contributed by atoms with van der Waals surface area (Å²) in [4.78, 5) is 12.6. The fourth-order valence-electron chi connectivity index (χ4n) is 3.23. The Balaban J connectivity index is 1.57. The molecule has 162 valence electrons. The third kappa shape index (κ3) is 4.95. The zero-order valence-corrected chi connectivity index (χ0v) is 18.9. The first-order chi connectivity index (χ1) is 15.5. The molecule has 0 radical (unpaired) electrons. The number of carbonyl (C=O) groups is 1. The minimum absolute atomic E-state index is 0.125. The van der Waals surface area contributed by atoms with Gasteiger partial charge in [-0.05, 0) is 42.3 Å². The van der Waals surface area contributed by atoms with Gasteiger partial charge in [-0.1, -0.05) is 71.9 Å². The molecule has 1 aromatic heterocycles. The van der Waals surface area contributed by atoms with E-state index < -0.39 is 0 Å². The van der Waals surface area contributed by atoms with E-state index in [0.717, 1.165) is 11.1 Å². The standard InChI is InChI=1S/C24H21ClN4O2S/c1-16-19(25)11-7-12-20(16)26-22(31)15-32-24-28-27-23(18-10-5-6-13-21(18)30)29(24)14-17-8-3-2-4-9-17/h2-13,30H,14-15H2,1H3,(H,26,31). The lowest BCUT2D eigenvalue weighted by Crippen LogP contribution is -2.15. The molecule has 0 bridgehead atoms. The van der Waals surface area contributed by atoms with Crippen molar-refractivity contribution in [3.8, 4) is 17.1 Å². The molecule has 2 N–H and O–H groups in total. The van der Waals surface area contributed by atoms with Gasteiger partial charge in [-0.2, -0.15) is 0 Å². The van der Waals surface area contributed by atoms with Crippen LogP contribution in [0.3, 0.4) is 0 Å². The van der Waals surface area contributed by atoms with Crippen LogP contribution >= 0.6 is 23.4 Å². The van der Waals surface area contributed by atoms with Crippen molar-refractivity contribution < 1.29 is 9.90 Å². The highest BCUT2D eigenvalue weighted by molar-refractivity contribution is 7.99. The van der Waals surface area contributed by atoms with Gasteiger partial charge in [0.05, 0.1) is 17.9 Å². The van der Waals surface area contributed by atoms with Crippen molar-refractivity contribution in [1.82, 2.24) is 14.8 Å². The van der Waals surface area contributed by atoms with E-state index in [0.29, 0.717) is 33.8 Å². The fourth-order valence-corrected chi connectivity index (χ4v) is 4.14. The molecule has 8 heteroatoms. The summed E-state index contributed by atoms with van der Waals surface area (Å²) >= 11 is 7.43. The number of nitrogens with zero attached hydrogens (tertiary/aromatic N) is 3. The summed E-state index contributed by atoms with van der Waals surface area (Å²) in [6.45, 7) is 2.37. The van der Waals surface area contributed by atoms with Crippen LogP contribution in [0.25, 0.3) is 11.4 Å². The van der Waals surface area contributed by atoms with Crippen LogP contribution in [-0.2, 0) is 11.3 Å². The lowest BCUT2D eigenvalue weighted by Gasteiger charge is -2.12. The van der Waals surface area contributed by atoms with Crippen LogP contribution in [-0.4, -0.2) is 31.5 Å². The van der Waals surface area contributed by atoms with Crippen molar-refractivity contribution in [1.29, 1.82) is 0 Å². The Bertz CT molecular complexity index is 1240. The van der Waals surface area contributed by atoms with Crippen molar-refractivity contribution in [2.45, 2.75) is 18.6 Å². The molecule has 0 spiro atoms. The van der Waals surface area contributed by atoms with Gasteiger partial charge in [-0.3, -0.25) is 9.36 Å². The van der Waals surface area contributed by atoms with Gasteiger partial charge in [-0.25, -0.2) is 0 Å². The van der Waals surface area contributed by atoms with Gasteiger partial charge in [0.1, 0.15) is 5.75 Å². The highest BCUT2D eigenvalue weighted by atomic mass is 35.5. The molecule has 0 fully saturated rings. The summed E-state index contributed by atoms with van der Waals surface area (Å²) in [6.07, 6.45) is 0. The van der Waals surface area contributed by atoms with Crippen molar-refractivity contribution >= 4 is 35.0 Å². The predicted octanol–water partition coefficient (Wildman–Crippen LogP) is 5.39. The molecule has 4 rings (SSSR count). The molecule has 0 saturated carbocycles. The third-order valence-corrected chi connectivity index (χ3v) is 6.30. The number of aromatic hydroxyl groups is 1. The van der Waals surface area contributed by atoms with E-state index >= 15 is 0 Å². The van der Waals surface area contributed by atoms with E-state index in [1.165, 1.54) is 11.8 Å². The molecule has 0 saturated heterocycles. The maximum atomic E-state index is 12.6. The number of benzene rings is 3. The van der Waals surface area contributed by atoms with Gasteiger partial charge in [0.25, 0.3) is 0 Å². The van der Waals surface area contributed by atoms with Crippen molar-refractivity contribution in [2.75, 3.05) is 11.1 Å². The van der Waals surface area contributed by atoms with E-state index in [9.17, 15) is 9.90 Å². The van der Waals surface area contributed by atoms with Crippen molar-refractivity contribution in [2.24, 2.45) is 0 Å². The molecular formula is C24H21ClN4O2S. The van der Waals surface area contributed by atoms with Gasteiger partial charge >= 0.3 is 0 Å². The van der Waals surface area contributed by atoms with Crippen LogP contribution in [0.4, 0.5) is 5.69 Å². The molecule has 0 aliphatic carbocycles. The van der Waals surface area contributed by atoms with Crippen molar-refractivity contribution in [3.63, 3.8) is 0 Å². The topological polar surface area (TPSA) is 80.0 Å². The number of amides is 1. The number of rotatable bonds is 7. The Labute approximate surface area is 195 Å². The summed E-state index contributed by atoms with van der Waals surface area (Å²) in [6, 6.07) is 22.3. The van der Waals surface area contributed by atoms with E-state index in [-0.39, 0.29) is 17.4 Å². The second kappa shape index (κ2) is 9.89. The number of aromatic nitrogens is 3. The molecule has 1 amide bonds. The van der Waals surface area contributed by atoms with Gasteiger partial charge < -0.3 is 10.4 Å². The fraction of sp³-hybridized carbons (Fsp3) is 0.125. The number of phenols is 1. The molecule has 0 unspecified atom stereocenters. The SMILES string of the molecule is Cc1c(Cl)cccc1NC(=O)CSc1nnc(-c2ccccc2O)n1Cc1ccccc1. The average Bonchev–Trinajstić information content (AvgIpc) is 3.18. The Morgan fingerprint density at radius 1 is 1.03 bits per heavy atom. The van der Waals surface area contributed by atoms with Crippen molar-refractivity contribution in [3.05, 3.63) is 88.9 Å². The second-order valence-electron chi connectivity index (χ2n) is 7.14. The predicted molar refractivity (Wildman–Crippen MR) is 128 cm³/mol. The normalized spacial score (nSPS) is 10.8. The van der Waals surface area contributed by atoms with E-state index in [1.807, 2.05) is 54.0 Å². The van der Waals surface area contributed by atoms with Gasteiger partial charge in [-0.15, -0.1) is 10.2 Å².